The maximum absolute atomic E-state index is 13.4. The van der Waals surface area contributed by atoms with Gasteiger partial charge in [0.15, 0.2) is 5.82 Å². The summed E-state index contributed by atoms with van der Waals surface area (Å²) in [6.45, 7) is 8.39. The summed E-state index contributed by atoms with van der Waals surface area (Å²) < 4.78 is 29.0. The highest BCUT2D eigenvalue weighted by Crippen LogP contribution is 2.37. The molecule has 0 N–H and O–H groups in total. The maximum Gasteiger partial charge on any atom is 0.264 e. The van der Waals surface area contributed by atoms with Gasteiger partial charge in [0.05, 0.1) is 12.6 Å². The summed E-state index contributed by atoms with van der Waals surface area (Å²) in [7, 11) is 1.81. The van der Waals surface area contributed by atoms with Crippen molar-refractivity contribution < 1.29 is 13.6 Å². The van der Waals surface area contributed by atoms with Crippen molar-refractivity contribution in [1.82, 2.24) is 19.7 Å². The Hall–Kier alpha value is -2.51. The fourth-order valence-electron chi connectivity index (χ4n) is 4.65. The van der Waals surface area contributed by atoms with E-state index in [1.54, 1.807) is 18.7 Å². The second-order valence-corrected chi connectivity index (χ2v) is 8.43. The Labute approximate surface area is 189 Å². The van der Waals surface area contributed by atoms with Crippen molar-refractivity contribution in [3.8, 4) is 0 Å². The normalized spacial score (nSPS) is 16.4. The van der Waals surface area contributed by atoms with Crippen LogP contribution in [0, 0.1) is 6.92 Å². The topological polar surface area (TPSA) is 54.3 Å². The van der Waals surface area contributed by atoms with Gasteiger partial charge in [-0.2, -0.15) is 5.10 Å². The van der Waals surface area contributed by atoms with Crippen LogP contribution in [0.25, 0.3) is 0 Å². The quantitative estimate of drug-likeness (QED) is 0.601. The molecule has 3 heterocycles. The lowest BCUT2D eigenvalue weighted by Gasteiger charge is -2.29. The van der Waals surface area contributed by atoms with Crippen molar-refractivity contribution in [2.24, 2.45) is 0 Å². The molecule has 1 fully saturated rings. The van der Waals surface area contributed by atoms with Gasteiger partial charge in [0.2, 0.25) is 5.91 Å². The van der Waals surface area contributed by atoms with E-state index in [0.29, 0.717) is 36.3 Å². The minimum atomic E-state index is -2.55. The van der Waals surface area contributed by atoms with Crippen molar-refractivity contribution >= 4 is 17.5 Å². The molecule has 32 heavy (non-hydrogen) atoms. The molecule has 0 spiro atoms. The number of fused-ring (bicyclic) bond motifs is 1. The third-order valence-electron chi connectivity index (χ3n) is 6.46. The Kier molecular flexibility index (Phi) is 7.85. The van der Waals surface area contributed by atoms with Crippen LogP contribution in [0.4, 0.5) is 20.4 Å². The second kappa shape index (κ2) is 10.4. The van der Waals surface area contributed by atoms with Gasteiger partial charge >= 0.3 is 0 Å². The molecule has 1 saturated carbocycles. The lowest BCUT2D eigenvalue weighted by Crippen LogP contribution is -2.35. The molecule has 0 aromatic carbocycles. The molecule has 2 aromatic rings. The van der Waals surface area contributed by atoms with Crippen LogP contribution in [0.3, 0.4) is 0 Å². The summed E-state index contributed by atoms with van der Waals surface area (Å²) in [5, 5.41) is 4.96. The number of halogens is 2. The minimum Gasteiger partial charge on any atom is -0.338 e. The number of aromatic nitrogens is 3. The zero-order valence-corrected chi connectivity index (χ0v) is 19.9. The number of amides is 1. The number of carbonyl (C=O) groups excluding carboxylic acids is 1. The van der Waals surface area contributed by atoms with E-state index in [1.165, 1.54) is 37.2 Å². The van der Waals surface area contributed by atoms with Gasteiger partial charge in [-0.3, -0.25) is 9.48 Å². The van der Waals surface area contributed by atoms with Gasteiger partial charge in [-0.05, 0) is 31.4 Å². The molecule has 0 bridgehead atoms. The molecule has 6 nitrogen and oxygen atoms in total. The fourth-order valence-corrected chi connectivity index (χ4v) is 4.65. The zero-order valence-electron chi connectivity index (χ0n) is 19.9. The van der Waals surface area contributed by atoms with E-state index in [1.807, 2.05) is 25.8 Å². The first-order valence-corrected chi connectivity index (χ1v) is 11.7. The molecule has 2 aliphatic rings. The average Bonchev–Trinajstić information content (AvgIpc) is 3.19. The lowest BCUT2D eigenvalue weighted by atomic mass is 9.95. The van der Waals surface area contributed by atoms with Gasteiger partial charge in [-0.1, -0.05) is 33.1 Å². The molecule has 0 unspecified atom stereocenters. The highest BCUT2D eigenvalue weighted by atomic mass is 19.3. The number of aryl methyl sites for hydroxylation is 1. The Bertz CT molecular complexity index is 937. The highest BCUT2D eigenvalue weighted by Gasteiger charge is 2.31. The van der Waals surface area contributed by atoms with Gasteiger partial charge in [0.25, 0.3) is 6.43 Å². The van der Waals surface area contributed by atoms with E-state index >= 15 is 0 Å². The van der Waals surface area contributed by atoms with Crippen LogP contribution >= 0.6 is 0 Å². The molecule has 0 atom stereocenters. The van der Waals surface area contributed by atoms with E-state index in [-0.39, 0.29) is 11.5 Å². The zero-order chi connectivity index (χ0) is 23.4. The van der Waals surface area contributed by atoms with Crippen LogP contribution in [-0.2, 0) is 17.8 Å². The Balaban J connectivity index is 0.00000141. The molecule has 1 amide bonds. The van der Waals surface area contributed by atoms with Gasteiger partial charge in [0, 0.05) is 50.0 Å². The van der Waals surface area contributed by atoms with Crippen LogP contribution in [-0.4, -0.2) is 39.2 Å². The predicted molar refractivity (Wildman–Crippen MR) is 122 cm³/mol. The molecule has 2 aromatic heterocycles. The minimum absolute atomic E-state index is 0.0159. The van der Waals surface area contributed by atoms with Crippen molar-refractivity contribution in [3.63, 3.8) is 0 Å². The highest BCUT2D eigenvalue weighted by molar-refractivity contribution is 5.74. The largest absolute Gasteiger partial charge is 0.338 e. The number of hydrogen-bond acceptors (Lipinski definition) is 4. The van der Waals surface area contributed by atoms with Gasteiger partial charge in [-0.25, -0.2) is 13.8 Å². The predicted octanol–water partition coefficient (Wildman–Crippen LogP) is 5.73. The van der Waals surface area contributed by atoms with E-state index in [2.05, 4.69) is 9.67 Å². The van der Waals surface area contributed by atoms with Crippen LogP contribution in [0.5, 0.6) is 0 Å². The van der Waals surface area contributed by atoms with Crippen molar-refractivity contribution in [2.75, 3.05) is 18.5 Å². The fraction of sp³-hybridized carbons (Fsp3) is 0.625. The van der Waals surface area contributed by atoms with Gasteiger partial charge < -0.3 is 9.80 Å². The van der Waals surface area contributed by atoms with E-state index in [9.17, 15) is 13.6 Å². The Morgan fingerprint density at radius 1 is 1.22 bits per heavy atom. The first-order chi connectivity index (χ1) is 15.4. The van der Waals surface area contributed by atoms with Gasteiger partial charge in [-0.15, -0.1) is 0 Å². The molecule has 8 heteroatoms. The van der Waals surface area contributed by atoms with Crippen LogP contribution in [0.2, 0.25) is 0 Å². The molecule has 1 aliphatic carbocycles. The molecule has 0 saturated heterocycles. The van der Waals surface area contributed by atoms with Crippen LogP contribution in [0.1, 0.15) is 87.7 Å². The molecule has 0 radical (unpaired) electrons. The summed E-state index contributed by atoms with van der Waals surface area (Å²) in [4.78, 5) is 20.0. The summed E-state index contributed by atoms with van der Waals surface area (Å²) in [6.07, 6.45) is 5.55. The number of pyridine rings is 1. The Morgan fingerprint density at radius 3 is 2.53 bits per heavy atom. The number of nitrogens with zero attached hydrogens (tertiary/aromatic N) is 5. The molecular formula is C24H35F2N5O. The van der Waals surface area contributed by atoms with Crippen LogP contribution in [0.15, 0.2) is 12.3 Å². The number of alkyl halides is 2. The van der Waals surface area contributed by atoms with E-state index in [4.69, 9.17) is 5.10 Å². The number of hydrogen-bond donors (Lipinski definition) is 0. The molecular weight excluding hydrogens is 412 g/mol. The molecule has 176 valence electrons. The second-order valence-electron chi connectivity index (χ2n) is 8.43. The smallest absolute Gasteiger partial charge is 0.264 e. The summed E-state index contributed by atoms with van der Waals surface area (Å²) in [5.41, 5.74) is 2.63. The number of anilines is 2. The number of carbonyl (C=O) groups is 1. The Morgan fingerprint density at radius 2 is 1.91 bits per heavy atom. The van der Waals surface area contributed by atoms with Crippen molar-refractivity contribution in [1.29, 1.82) is 0 Å². The van der Waals surface area contributed by atoms with E-state index in [0.717, 1.165) is 24.8 Å². The van der Waals surface area contributed by atoms with Crippen LogP contribution < -0.4 is 4.90 Å². The number of rotatable bonds is 4. The SMILES string of the molecule is CC.CC(=O)N1CCc2c(c(N(C)c3cc(C(F)F)c(C)cn3)nn2C2CCCCC2)C1. The molecule has 1 aliphatic heterocycles. The third-order valence-corrected chi connectivity index (χ3v) is 6.46. The van der Waals surface area contributed by atoms with Crippen molar-refractivity contribution in [3.05, 3.63) is 34.6 Å². The summed E-state index contributed by atoms with van der Waals surface area (Å²) >= 11 is 0. The monoisotopic (exact) mass is 447 g/mol. The maximum atomic E-state index is 13.4. The average molecular weight is 448 g/mol. The van der Waals surface area contributed by atoms with Crippen molar-refractivity contribution in [2.45, 2.75) is 85.2 Å². The lowest BCUT2D eigenvalue weighted by molar-refractivity contribution is -0.129. The van der Waals surface area contributed by atoms with E-state index < -0.39 is 6.43 Å². The third kappa shape index (κ3) is 4.79. The summed E-state index contributed by atoms with van der Waals surface area (Å²) in [6, 6.07) is 1.80. The standard InChI is InChI=1S/C22H29F2N5O.C2H6/c1-14-12-25-20(11-17(14)21(23)24)27(3)22-18-13-28(15(2)30)10-9-19(18)29(26-22)16-7-5-4-6-8-16;1-2/h11-12,16,21H,4-10,13H2,1-3H3;1-2H3. The summed E-state index contributed by atoms with van der Waals surface area (Å²) in [5.74, 6) is 1.18. The first-order valence-electron chi connectivity index (χ1n) is 11.7. The van der Waals surface area contributed by atoms with Gasteiger partial charge in [0.1, 0.15) is 5.82 Å². The molecule has 4 rings (SSSR count). The first kappa shape index (κ1) is 24.1.